The number of esters is 1. The summed E-state index contributed by atoms with van der Waals surface area (Å²) in [6.07, 6.45) is -6.28. The first-order chi connectivity index (χ1) is 22.4. The SMILES string of the molecule is CN(C)[C@@H]1C(O)=C(C(N)=O)C(=O)[C@@]2(O)C(O)=C3C(=O)c4c(O)c(NC(=O)C(=O)OCc5ccccc5)cc(OC(F)(F)F)c4C[C@H]3C[C@@H]12. The van der Waals surface area contributed by atoms with Crippen molar-refractivity contribution in [3.63, 3.8) is 0 Å². The second-order valence-electron chi connectivity index (χ2n) is 11.7. The molecule has 0 aliphatic heterocycles. The van der Waals surface area contributed by atoms with E-state index in [4.69, 9.17) is 10.5 Å². The summed E-state index contributed by atoms with van der Waals surface area (Å²) in [7, 11) is 2.82. The number of anilines is 1. The van der Waals surface area contributed by atoms with Crippen LogP contribution in [0.5, 0.6) is 11.5 Å². The van der Waals surface area contributed by atoms with Crippen LogP contribution in [0.4, 0.5) is 18.9 Å². The number of fused-ring (bicyclic) bond motifs is 3. The van der Waals surface area contributed by atoms with E-state index in [0.29, 0.717) is 11.6 Å². The number of hydrogen-bond acceptors (Lipinski definition) is 12. The largest absolute Gasteiger partial charge is 0.573 e. The number of likely N-dealkylation sites (N-methyl/N-ethyl adjacent to an activating group) is 1. The number of primary amides is 1. The summed E-state index contributed by atoms with van der Waals surface area (Å²) in [5.74, 6) is -14.2. The van der Waals surface area contributed by atoms with Gasteiger partial charge in [-0.05, 0) is 38.4 Å². The van der Waals surface area contributed by atoms with Crippen LogP contribution in [-0.4, -0.2) is 86.8 Å². The fourth-order valence-electron chi connectivity index (χ4n) is 6.56. The van der Waals surface area contributed by atoms with Crippen LogP contribution in [0.2, 0.25) is 0 Å². The number of rotatable bonds is 6. The number of nitrogens with zero attached hydrogens (tertiary/aromatic N) is 1. The number of aliphatic hydroxyl groups is 3. The van der Waals surface area contributed by atoms with Crippen molar-refractivity contribution in [2.75, 3.05) is 19.4 Å². The maximum absolute atomic E-state index is 13.9. The van der Waals surface area contributed by atoms with Gasteiger partial charge in [-0.1, -0.05) is 30.3 Å². The topological polar surface area (TPSA) is 226 Å². The average molecular weight is 676 g/mol. The molecule has 0 saturated heterocycles. The fraction of sp³-hybridized carbons (Fsp3) is 0.323. The molecular weight excluding hydrogens is 647 g/mol. The quantitative estimate of drug-likeness (QED) is 0.111. The minimum Gasteiger partial charge on any atom is -0.510 e. The highest BCUT2D eigenvalue weighted by molar-refractivity contribution is 6.37. The van der Waals surface area contributed by atoms with Crippen molar-refractivity contribution in [2.45, 2.75) is 37.5 Å². The number of ketones is 2. The molecule has 14 nitrogen and oxygen atoms in total. The number of Topliss-reactive ketones (excluding diaryl/α,β-unsaturated/α-hetero) is 2. The standard InChI is InChI=1S/C31H28F3N3O11/c1-37(2)21-15-9-13-8-14-17(48-31(32,33)34)10-16(36-28(44)29(45)47-11-12-6-4-3-5-7-12)22(38)19(14)23(39)18(13)25(41)30(15,46)26(42)20(24(21)40)27(35)43/h3-7,10,13,15,21,38,40-41,46H,8-9,11H2,1-2H3,(H2,35,43)(H,36,44)/t13-,15-,21-,30-/m0/s1. The number of ether oxygens (including phenoxy) is 2. The Kier molecular flexibility index (Phi) is 8.47. The number of hydrogen-bond donors (Lipinski definition) is 6. The Morgan fingerprint density at radius 3 is 2.33 bits per heavy atom. The molecule has 0 saturated carbocycles. The number of carbonyl (C=O) groups is 5. The Balaban J connectivity index is 1.59. The van der Waals surface area contributed by atoms with E-state index in [9.17, 15) is 57.6 Å². The van der Waals surface area contributed by atoms with Crippen LogP contribution in [0.1, 0.15) is 27.9 Å². The molecule has 0 aromatic heterocycles. The van der Waals surface area contributed by atoms with Gasteiger partial charge in [0, 0.05) is 23.1 Å². The van der Waals surface area contributed by atoms with Gasteiger partial charge in [-0.25, -0.2) is 4.79 Å². The first-order valence-electron chi connectivity index (χ1n) is 14.2. The average Bonchev–Trinajstić information content (AvgIpc) is 2.99. The molecule has 17 heteroatoms. The normalized spacial score (nSPS) is 23.7. The van der Waals surface area contributed by atoms with Crippen molar-refractivity contribution in [3.05, 3.63) is 75.8 Å². The maximum atomic E-state index is 13.9. The lowest BCUT2D eigenvalue weighted by molar-refractivity contribution is -0.275. The highest BCUT2D eigenvalue weighted by Crippen LogP contribution is 2.54. The summed E-state index contributed by atoms with van der Waals surface area (Å²) in [4.78, 5) is 65.8. The Bertz CT molecular complexity index is 1820. The highest BCUT2D eigenvalue weighted by atomic mass is 19.4. The second kappa shape index (κ2) is 12.0. The Hall–Kier alpha value is -5.42. The monoisotopic (exact) mass is 675 g/mol. The smallest absolute Gasteiger partial charge is 0.510 e. The van der Waals surface area contributed by atoms with Crippen molar-refractivity contribution >= 4 is 35.0 Å². The van der Waals surface area contributed by atoms with Crippen molar-refractivity contribution in [1.29, 1.82) is 0 Å². The number of benzene rings is 2. The van der Waals surface area contributed by atoms with E-state index in [0.717, 1.165) is 0 Å². The van der Waals surface area contributed by atoms with Gasteiger partial charge in [-0.2, -0.15) is 0 Å². The van der Waals surface area contributed by atoms with Crippen molar-refractivity contribution in [1.82, 2.24) is 4.90 Å². The molecule has 0 unspecified atom stereocenters. The summed E-state index contributed by atoms with van der Waals surface area (Å²) < 4.78 is 49.7. The van der Waals surface area contributed by atoms with Crippen molar-refractivity contribution < 1.29 is 67.0 Å². The van der Waals surface area contributed by atoms with Gasteiger partial charge in [0.25, 0.3) is 5.91 Å². The molecule has 3 aliphatic carbocycles. The lowest BCUT2D eigenvalue weighted by Gasteiger charge is -2.50. The number of aromatic hydroxyl groups is 1. The molecular formula is C31H28F3N3O11. The number of nitrogens with one attached hydrogen (secondary N) is 1. The zero-order valence-electron chi connectivity index (χ0n) is 25.1. The van der Waals surface area contributed by atoms with E-state index in [1.54, 1.807) is 30.3 Å². The molecule has 2 aromatic carbocycles. The zero-order chi connectivity index (χ0) is 35.5. The van der Waals surface area contributed by atoms with Gasteiger partial charge < -0.3 is 41.0 Å². The second-order valence-corrected chi connectivity index (χ2v) is 11.7. The summed E-state index contributed by atoms with van der Waals surface area (Å²) in [5.41, 5.74) is -1.20. The molecule has 0 spiro atoms. The molecule has 4 atom stereocenters. The zero-order valence-corrected chi connectivity index (χ0v) is 25.1. The molecule has 0 heterocycles. The number of amides is 2. The predicted octanol–water partition coefficient (Wildman–Crippen LogP) is 1.70. The van der Waals surface area contributed by atoms with Gasteiger partial charge in [0.1, 0.15) is 29.4 Å². The molecule has 0 bridgehead atoms. The number of aliphatic hydroxyl groups excluding tert-OH is 2. The van der Waals surface area contributed by atoms with Crippen LogP contribution in [0.15, 0.2) is 59.1 Å². The first-order valence-corrected chi connectivity index (χ1v) is 14.2. The van der Waals surface area contributed by atoms with Crippen LogP contribution >= 0.6 is 0 Å². The molecule has 0 radical (unpaired) electrons. The molecule has 254 valence electrons. The molecule has 48 heavy (non-hydrogen) atoms. The molecule has 5 rings (SSSR count). The van der Waals surface area contributed by atoms with Gasteiger partial charge in [-0.15, -0.1) is 13.2 Å². The minimum atomic E-state index is -5.34. The first kappa shape index (κ1) is 33.9. The fourth-order valence-corrected chi connectivity index (χ4v) is 6.56. The van der Waals surface area contributed by atoms with E-state index in [2.05, 4.69) is 4.74 Å². The molecule has 3 aliphatic rings. The predicted molar refractivity (Wildman–Crippen MR) is 155 cm³/mol. The summed E-state index contributed by atoms with van der Waals surface area (Å²) in [6.45, 7) is -0.346. The third kappa shape index (κ3) is 5.60. The van der Waals surface area contributed by atoms with Gasteiger partial charge in [0.15, 0.2) is 17.1 Å². The third-order valence-corrected chi connectivity index (χ3v) is 8.55. The number of nitrogens with two attached hydrogens (primary N) is 1. The number of carbonyl (C=O) groups excluding carboxylic acids is 5. The van der Waals surface area contributed by atoms with E-state index in [-0.39, 0.29) is 6.61 Å². The van der Waals surface area contributed by atoms with Gasteiger partial charge >= 0.3 is 18.2 Å². The number of allylic oxidation sites excluding steroid dienone is 1. The van der Waals surface area contributed by atoms with E-state index in [1.165, 1.54) is 19.0 Å². The van der Waals surface area contributed by atoms with Crippen LogP contribution in [-0.2, 0) is 36.9 Å². The Morgan fingerprint density at radius 1 is 1.10 bits per heavy atom. The van der Waals surface area contributed by atoms with E-state index in [1.807, 2.05) is 5.32 Å². The summed E-state index contributed by atoms with van der Waals surface area (Å²) in [6, 6.07) is 7.36. The Morgan fingerprint density at radius 2 is 1.75 bits per heavy atom. The lowest BCUT2D eigenvalue weighted by Crippen LogP contribution is -2.63. The number of phenolic OH excluding ortho intramolecular Hbond substituents is 1. The number of alkyl halides is 3. The van der Waals surface area contributed by atoms with E-state index < -0.39 is 123 Å². The lowest BCUT2D eigenvalue weighted by atomic mass is 9.58. The van der Waals surface area contributed by atoms with Crippen molar-refractivity contribution in [2.24, 2.45) is 17.6 Å². The Labute approximate surface area is 268 Å². The van der Waals surface area contributed by atoms with E-state index >= 15 is 0 Å². The van der Waals surface area contributed by atoms with Crippen LogP contribution in [0, 0.1) is 11.8 Å². The van der Waals surface area contributed by atoms with Crippen LogP contribution in [0.3, 0.4) is 0 Å². The van der Waals surface area contributed by atoms with Gasteiger partial charge in [0.05, 0.1) is 17.3 Å². The van der Waals surface area contributed by atoms with Crippen molar-refractivity contribution in [3.8, 4) is 11.5 Å². The van der Waals surface area contributed by atoms with Gasteiger partial charge in [-0.3, -0.25) is 24.1 Å². The number of phenols is 1. The maximum Gasteiger partial charge on any atom is 0.573 e. The third-order valence-electron chi connectivity index (χ3n) is 8.55. The molecule has 2 amide bonds. The highest BCUT2D eigenvalue weighted by Gasteiger charge is 2.63. The van der Waals surface area contributed by atoms with Gasteiger partial charge in [0.2, 0.25) is 5.78 Å². The summed E-state index contributed by atoms with van der Waals surface area (Å²) in [5, 5.41) is 46.9. The van der Waals surface area contributed by atoms with Crippen LogP contribution in [0.25, 0.3) is 0 Å². The summed E-state index contributed by atoms with van der Waals surface area (Å²) >= 11 is 0. The van der Waals surface area contributed by atoms with Crippen LogP contribution < -0.4 is 15.8 Å². The molecule has 0 fully saturated rings. The molecule has 7 N–H and O–H groups in total. The minimum absolute atomic E-state index is 0.346. The molecule has 2 aromatic rings. The number of halogens is 3.